The number of nitrogens with zero attached hydrogens (tertiary/aromatic N) is 2. The molecule has 1 N–H and O–H groups in total. The number of carboxylic acids is 1. The Morgan fingerprint density at radius 1 is 1.50 bits per heavy atom. The molecule has 0 atom stereocenters. The van der Waals surface area contributed by atoms with Gasteiger partial charge in [0.15, 0.2) is 0 Å². The first-order valence-corrected chi connectivity index (χ1v) is 7.22. The van der Waals surface area contributed by atoms with Crippen LogP contribution in [0, 0.1) is 6.92 Å². The van der Waals surface area contributed by atoms with Crippen LogP contribution in [0.15, 0.2) is 18.2 Å². The normalized spacial score (nSPS) is 11.0. The molecule has 0 fully saturated rings. The lowest BCUT2D eigenvalue weighted by Crippen LogP contribution is -2.02. The number of thioether (sulfide) groups is 1. The molecule has 2 rings (SSSR count). The van der Waals surface area contributed by atoms with Crippen LogP contribution in [-0.4, -0.2) is 32.6 Å². The summed E-state index contributed by atoms with van der Waals surface area (Å²) >= 11 is 1.81. The molecule has 0 amide bonds. The summed E-state index contributed by atoms with van der Waals surface area (Å²) in [5.41, 5.74) is 2.09. The maximum absolute atomic E-state index is 11.0. The van der Waals surface area contributed by atoms with Crippen molar-refractivity contribution in [2.75, 3.05) is 12.0 Å². The Labute approximate surface area is 110 Å². The van der Waals surface area contributed by atoms with Crippen molar-refractivity contribution in [3.63, 3.8) is 0 Å². The fourth-order valence-electron chi connectivity index (χ4n) is 2.03. The first-order chi connectivity index (χ1) is 8.63. The van der Waals surface area contributed by atoms with Gasteiger partial charge in [0.05, 0.1) is 16.6 Å². The molecule has 1 aromatic carbocycles. The Hall–Kier alpha value is -1.49. The molecule has 0 saturated heterocycles. The number of carboxylic acid groups (broad SMARTS) is 1. The first kappa shape index (κ1) is 13.0. The van der Waals surface area contributed by atoms with Crippen LogP contribution >= 0.6 is 11.8 Å². The lowest BCUT2D eigenvalue weighted by atomic mass is 10.2. The Morgan fingerprint density at radius 2 is 2.28 bits per heavy atom. The second-order valence-corrected chi connectivity index (χ2v) is 5.15. The first-order valence-electron chi connectivity index (χ1n) is 5.82. The Balaban J connectivity index is 2.40. The zero-order valence-corrected chi connectivity index (χ0v) is 11.3. The van der Waals surface area contributed by atoms with E-state index in [1.165, 1.54) is 0 Å². The molecule has 0 saturated carbocycles. The topological polar surface area (TPSA) is 55.1 Å². The minimum Gasteiger partial charge on any atom is -0.478 e. The highest BCUT2D eigenvalue weighted by atomic mass is 32.2. The van der Waals surface area contributed by atoms with Crippen molar-refractivity contribution in [1.82, 2.24) is 9.55 Å². The molecule has 2 aromatic rings. The van der Waals surface area contributed by atoms with E-state index in [1.54, 1.807) is 18.2 Å². The van der Waals surface area contributed by atoms with Gasteiger partial charge in [0.2, 0.25) is 0 Å². The van der Waals surface area contributed by atoms with E-state index < -0.39 is 5.97 Å². The van der Waals surface area contributed by atoms with Crippen LogP contribution in [0.1, 0.15) is 22.6 Å². The number of hydrogen-bond acceptors (Lipinski definition) is 3. The second-order valence-electron chi connectivity index (χ2n) is 4.17. The van der Waals surface area contributed by atoms with Crippen molar-refractivity contribution >= 4 is 28.8 Å². The summed E-state index contributed by atoms with van der Waals surface area (Å²) in [7, 11) is 0. The molecule has 18 heavy (non-hydrogen) atoms. The van der Waals surface area contributed by atoms with Gasteiger partial charge < -0.3 is 9.67 Å². The van der Waals surface area contributed by atoms with Gasteiger partial charge in [-0.2, -0.15) is 11.8 Å². The van der Waals surface area contributed by atoms with Crippen molar-refractivity contribution < 1.29 is 9.90 Å². The molecule has 1 heterocycles. The summed E-state index contributed by atoms with van der Waals surface area (Å²) in [5, 5.41) is 9.02. The van der Waals surface area contributed by atoms with E-state index >= 15 is 0 Å². The minimum absolute atomic E-state index is 0.313. The molecule has 0 aliphatic carbocycles. The van der Waals surface area contributed by atoms with Crippen molar-refractivity contribution in [1.29, 1.82) is 0 Å². The molecule has 0 radical (unpaired) electrons. The number of benzene rings is 1. The van der Waals surface area contributed by atoms with E-state index in [0.717, 1.165) is 35.6 Å². The molecule has 0 aliphatic heterocycles. The monoisotopic (exact) mass is 264 g/mol. The van der Waals surface area contributed by atoms with Crippen LogP contribution < -0.4 is 0 Å². The average molecular weight is 264 g/mol. The lowest BCUT2D eigenvalue weighted by molar-refractivity contribution is 0.0697. The summed E-state index contributed by atoms with van der Waals surface area (Å²) < 4.78 is 2.10. The van der Waals surface area contributed by atoms with Crippen molar-refractivity contribution in [2.24, 2.45) is 0 Å². The van der Waals surface area contributed by atoms with E-state index in [9.17, 15) is 4.79 Å². The van der Waals surface area contributed by atoms with E-state index in [1.807, 2.05) is 18.7 Å². The molecular weight excluding hydrogens is 248 g/mol. The number of fused-ring (bicyclic) bond motifs is 1. The fourth-order valence-corrected chi connectivity index (χ4v) is 2.44. The van der Waals surface area contributed by atoms with Gasteiger partial charge >= 0.3 is 5.97 Å². The SMILES string of the molecule is CSCCCn1c(C)nc2ccc(C(=O)O)cc21. The summed E-state index contributed by atoms with van der Waals surface area (Å²) in [6.07, 6.45) is 3.15. The molecule has 1 aromatic heterocycles. The quantitative estimate of drug-likeness (QED) is 0.844. The van der Waals surface area contributed by atoms with Gasteiger partial charge in [0.1, 0.15) is 5.82 Å². The number of carbonyl (C=O) groups is 1. The maximum atomic E-state index is 11.0. The predicted octanol–water partition coefficient (Wildman–Crippen LogP) is 2.80. The van der Waals surface area contributed by atoms with Gasteiger partial charge in [0, 0.05) is 6.54 Å². The predicted molar refractivity (Wildman–Crippen MR) is 74.4 cm³/mol. The highest BCUT2D eigenvalue weighted by Gasteiger charge is 2.10. The summed E-state index contributed by atoms with van der Waals surface area (Å²) in [4.78, 5) is 15.4. The standard InChI is InChI=1S/C13H16N2O2S/c1-9-14-11-5-4-10(13(16)17)8-12(11)15(9)6-3-7-18-2/h4-5,8H,3,6-7H2,1-2H3,(H,16,17). The summed E-state index contributed by atoms with van der Waals surface area (Å²) in [6, 6.07) is 5.08. The number of aromatic carboxylic acids is 1. The lowest BCUT2D eigenvalue weighted by Gasteiger charge is -2.06. The van der Waals surface area contributed by atoms with Gasteiger partial charge in [-0.3, -0.25) is 0 Å². The third kappa shape index (κ3) is 2.51. The third-order valence-corrected chi connectivity index (χ3v) is 3.61. The van der Waals surface area contributed by atoms with Crippen LogP contribution in [0.3, 0.4) is 0 Å². The van der Waals surface area contributed by atoms with Gasteiger partial charge in [0.25, 0.3) is 0 Å². The average Bonchev–Trinajstić information content (AvgIpc) is 2.65. The molecule has 4 nitrogen and oxygen atoms in total. The van der Waals surface area contributed by atoms with Crippen molar-refractivity contribution in [3.05, 3.63) is 29.6 Å². The van der Waals surface area contributed by atoms with Crippen LogP contribution in [-0.2, 0) is 6.54 Å². The number of hydrogen-bond donors (Lipinski definition) is 1. The molecule has 0 unspecified atom stereocenters. The highest BCUT2D eigenvalue weighted by Crippen LogP contribution is 2.18. The molecule has 96 valence electrons. The Morgan fingerprint density at radius 3 is 2.94 bits per heavy atom. The van der Waals surface area contributed by atoms with Gasteiger partial charge in [-0.05, 0) is 43.6 Å². The number of aromatic nitrogens is 2. The number of aryl methyl sites for hydroxylation is 2. The Bertz CT molecular complexity index is 578. The van der Waals surface area contributed by atoms with Crippen molar-refractivity contribution in [3.8, 4) is 0 Å². The largest absolute Gasteiger partial charge is 0.478 e. The molecule has 0 aliphatic rings. The Kier molecular flexibility index (Phi) is 3.91. The van der Waals surface area contributed by atoms with E-state index in [2.05, 4.69) is 15.8 Å². The van der Waals surface area contributed by atoms with Crippen LogP contribution in [0.2, 0.25) is 0 Å². The van der Waals surface area contributed by atoms with Crippen LogP contribution in [0.4, 0.5) is 0 Å². The molecule has 0 spiro atoms. The zero-order chi connectivity index (χ0) is 13.1. The minimum atomic E-state index is -0.897. The van der Waals surface area contributed by atoms with Crippen molar-refractivity contribution in [2.45, 2.75) is 19.9 Å². The number of rotatable bonds is 5. The third-order valence-electron chi connectivity index (χ3n) is 2.92. The molecule has 5 heteroatoms. The van der Waals surface area contributed by atoms with Gasteiger partial charge in [-0.15, -0.1) is 0 Å². The van der Waals surface area contributed by atoms with Crippen LogP contribution in [0.25, 0.3) is 11.0 Å². The van der Waals surface area contributed by atoms with Gasteiger partial charge in [-0.25, -0.2) is 9.78 Å². The molecule has 0 bridgehead atoms. The molecular formula is C13H16N2O2S. The fraction of sp³-hybridized carbons (Fsp3) is 0.385. The van der Waals surface area contributed by atoms with Crippen LogP contribution in [0.5, 0.6) is 0 Å². The maximum Gasteiger partial charge on any atom is 0.335 e. The second kappa shape index (κ2) is 5.44. The van der Waals surface area contributed by atoms with E-state index in [4.69, 9.17) is 5.11 Å². The zero-order valence-electron chi connectivity index (χ0n) is 10.5. The van der Waals surface area contributed by atoms with E-state index in [0.29, 0.717) is 5.56 Å². The van der Waals surface area contributed by atoms with E-state index in [-0.39, 0.29) is 0 Å². The summed E-state index contributed by atoms with van der Waals surface area (Å²) in [6.45, 7) is 2.84. The summed E-state index contributed by atoms with van der Waals surface area (Å²) in [5.74, 6) is 1.14. The number of imidazole rings is 1. The van der Waals surface area contributed by atoms with Gasteiger partial charge in [-0.1, -0.05) is 0 Å². The smallest absolute Gasteiger partial charge is 0.335 e. The highest BCUT2D eigenvalue weighted by molar-refractivity contribution is 7.98.